The van der Waals surface area contributed by atoms with Crippen LogP contribution in [0, 0.1) is 12.8 Å². The first kappa shape index (κ1) is 16.6. The second-order valence-corrected chi connectivity index (χ2v) is 8.41. The fourth-order valence-corrected chi connectivity index (χ4v) is 4.70. The highest BCUT2D eigenvalue weighted by atomic mass is 32.1. The Balaban J connectivity index is 1.47. The van der Waals surface area contributed by atoms with Gasteiger partial charge in [-0.05, 0) is 44.7 Å². The van der Waals surface area contributed by atoms with E-state index in [-0.39, 0.29) is 17.9 Å². The molecule has 2 atom stereocenters. The topological polar surface area (TPSA) is 68.0 Å². The Morgan fingerprint density at radius 3 is 3.04 bits per heavy atom. The van der Waals surface area contributed by atoms with Gasteiger partial charge in [0.1, 0.15) is 0 Å². The Labute approximate surface area is 145 Å². The van der Waals surface area contributed by atoms with Crippen molar-refractivity contribution in [3.8, 4) is 10.6 Å². The van der Waals surface area contributed by atoms with Gasteiger partial charge in [-0.1, -0.05) is 6.42 Å². The number of aryl methyl sites for hydroxylation is 1. The molecule has 2 unspecified atom stereocenters. The maximum absolute atomic E-state index is 12.2. The van der Waals surface area contributed by atoms with E-state index in [9.17, 15) is 4.79 Å². The van der Waals surface area contributed by atoms with Crippen LogP contribution in [0.25, 0.3) is 10.6 Å². The lowest BCUT2D eigenvalue weighted by atomic mass is 9.85. The summed E-state index contributed by atoms with van der Waals surface area (Å²) in [5.41, 5.74) is 7.02. The van der Waals surface area contributed by atoms with Gasteiger partial charge in [0.15, 0.2) is 0 Å². The Hall–Kier alpha value is -1.24. The van der Waals surface area contributed by atoms with Crippen LogP contribution in [0.1, 0.15) is 35.6 Å². The van der Waals surface area contributed by atoms with Gasteiger partial charge >= 0.3 is 0 Å². The predicted molar refractivity (Wildman–Crippen MR) is 96.8 cm³/mol. The summed E-state index contributed by atoms with van der Waals surface area (Å²) in [5, 5.41) is 6.26. The molecule has 4 nitrogen and oxygen atoms in total. The minimum absolute atomic E-state index is 0.107. The van der Waals surface area contributed by atoms with Crippen molar-refractivity contribution in [2.75, 3.05) is 6.54 Å². The number of rotatable bonds is 5. The van der Waals surface area contributed by atoms with Crippen LogP contribution in [0.2, 0.25) is 0 Å². The molecule has 1 aliphatic rings. The molecule has 23 heavy (non-hydrogen) atoms. The number of thiazole rings is 1. The zero-order valence-corrected chi connectivity index (χ0v) is 15.0. The van der Waals surface area contributed by atoms with E-state index in [1.54, 1.807) is 22.7 Å². The zero-order chi connectivity index (χ0) is 16.2. The molecule has 0 aliphatic heterocycles. The van der Waals surface area contributed by atoms with Crippen LogP contribution in [0.5, 0.6) is 0 Å². The monoisotopic (exact) mass is 349 g/mol. The number of nitrogens with one attached hydrogen (secondary N) is 1. The van der Waals surface area contributed by atoms with Crippen LogP contribution in [-0.2, 0) is 11.2 Å². The average Bonchev–Trinajstić information content (AvgIpc) is 3.16. The SMILES string of the molecule is Cc1nc(-c2ccc(CCNC(=O)C3CCCC(N)C3)s2)cs1. The number of amides is 1. The van der Waals surface area contributed by atoms with Crippen LogP contribution in [0.4, 0.5) is 0 Å². The van der Waals surface area contributed by atoms with Crippen LogP contribution in [0.15, 0.2) is 17.5 Å². The smallest absolute Gasteiger partial charge is 0.223 e. The van der Waals surface area contributed by atoms with Crippen molar-refractivity contribution in [1.29, 1.82) is 0 Å². The maximum Gasteiger partial charge on any atom is 0.223 e. The number of aromatic nitrogens is 1. The van der Waals surface area contributed by atoms with Gasteiger partial charge in [0.05, 0.1) is 15.6 Å². The molecule has 0 saturated heterocycles. The van der Waals surface area contributed by atoms with Crippen LogP contribution in [-0.4, -0.2) is 23.5 Å². The Morgan fingerprint density at radius 1 is 1.43 bits per heavy atom. The number of thiophene rings is 1. The number of nitrogens with two attached hydrogens (primary N) is 1. The highest BCUT2D eigenvalue weighted by Gasteiger charge is 2.24. The van der Waals surface area contributed by atoms with Crippen molar-refractivity contribution in [3.05, 3.63) is 27.4 Å². The van der Waals surface area contributed by atoms with Gasteiger partial charge in [0.2, 0.25) is 5.91 Å². The largest absolute Gasteiger partial charge is 0.356 e. The van der Waals surface area contributed by atoms with E-state index in [2.05, 4.69) is 27.8 Å². The van der Waals surface area contributed by atoms with Crippen molar-refractivity contribution < 1.29 is 4.79 Å². The van der Waals surface area contributed by atoms with Crippen molar-refractivity contribution in [1.82, 2.24) is 10.3 Å². The predicted octanol–water partition coefficient (Wildman–Crippen LogP) is 3.36. The van der Waals surface area contributed by atoms with E-state index in [4.69, 9.17) is 5.73 Å². The fourth-order valence-electron chi connectivity index (χ4n) is 3.05. The summed E-state index contributed by atoms with van der Waals surface area (Å²) in [4.78, 5) is 19.2. The van der Waals surface area contributed by atoms with Gasteiger partial charge in [-0.3, -0.25) is 4.79 Å². The van der Waals surface area contributed by atoms with Gasteiger partial charge in [0.25, 0.3) is 0 Å². The summed E-state index contributed by atoms with van der Waals surface area (Å²) in [7, 11) is 0. The molecule has 1 amide bonds. The van der Waals surface area contributed by atoms with E-state index in [0.717, 1.165) is 42.8 Å². The second-order valence-electron chi connectivity index (χ2n) is 6.18. The second kappa shape index (κ2) is 7.55. The third-order valence-corrected chi connectivity index (χ3v) is 6.23. The van der Waals surface area contributed by atoms with Gasteiger partial charge in [-0.15, -0.1) is 22.7 Å². The first-order chi connectivity index (χ1) is 11.1. The van der Waals surface area contributed by atoms with Gasteiger partial charge in [0, 0.05) is 28.8 Å². The molecule has 1 aliphatic carbocycles. The quantitative estimate of drug-likeness (QED) is 0.870. The molecule has 3 N–H and O–H groups in total. The van der Waals surface area contributed by atoms with Gasteiger partial charge in [-0.2, -0.15) is 0 Å². The van der Waals surface area contributed by atoms with Crippen molar-refractivity contribution >= 4 is 28.6 Å². The summed E-state index contributed by atoms with van der Waals surface area (Å²) in [6, 6.07) is 4.45. The molecule has 2 heterocycles. The Morgan fingerprint density at radius 2 is 2.30 bits per heavy atom. The molecular weight excluding hydrogens is 326 g/mol. The Kier molecular flexibility index (Phi) is 5.46. The summed E-state index contributed by atoms with van der Waals surface area (Å²) in [6.07, 6.45) is 4.81. The van der Waals surface area contributed by atoms with Gasteiger partial charge < -0.3 is 11.1 Å². The standard InChI is InChI=1S/C17H23N3OS2/c1-11-20-15(10-22-11)16-6-5-14(23-16)7-8-19-17(21)12-3-2-4-13(18)9-12/h5-6,10,12-13H,2-4,7-9,18H2,1H3,(H,19,21). The number of nitrogens with zero attached hydrogens (tertiary/aromatic N) is 1. The summed E-state index contributed by atoms with van der Waals surface area (Å²) in [6.45, 7) is 2.72. The lowest BCUT2D eigenvalue weighted by Crippen LogP contribution is -2.38. The fraction of sp³-hybridized carbons (Fsp3) is 0.529. The zero-order valence-electron chi connectivity index (χ0n) is 13.4. The summed E-state index contributed by atoms with van der Waals surface area (Å²) >= 11 is 3.43. The third-order valence-electron chi connectivity index (χ3n) is 4.29. The van der Waals surface area contributed by atoms with E-state index in [0.29, 0.717) is 6.54 Å². The first-order valence-corrected chi connectivity index (χ1v) is 9.86. The van der Waals surface area contributed by atoms with Crippen LogP contribution >= 0.6 is 22.7 Å². The van der Waals surface area contributed by atoms with E-state index in [1.807, 2.05) is 6.92 Å². The van der Waals surface area contributed by atoms with Crippen molar-refractivity contribution in [3.63, 3.8) is 0 Å². The molecule has 6 heteroatoms. The molecule has 1 fully saturated rings. The molecule has 2 aromatic rings. The molecule has 1 saturated carbocycles. The molecule has 0 aromatic carbocycles. The van der Waals surface area contributed by atoms with Crippen LogP contribution < -0.4 is 11.1 Å². The number of carbonyl (C=O) groups excluding carboxylic acids is 1. The first-order valence-electron chi connectivity index (χ1n) is 8.16. The average molecular weight is 350 g/mol. The number of hydrogen-bond acceptors (Lipinski definition) is 5. The lowest BCUT2D eigenvalue weighted by Gasteiger charge is -2.25. The van der Waals surface area contributed by atoms with E-state index in [1.165, 1.54) is 9.75 Å². The van der Waals surface area contributed by atoms with Crippen LogP contribution in [0.3, 0.4) is 0 Å². The maximum atomic E-state index is 12.2. The Bertz CT molecular complexity index is 664. The number of carbonyl (C=O) groups is 1. The third kappa shape index (κ3) is 4.40. The molecular formula is C17H23N3OS2. The highest BCUT2D eigenvalue weighted by molar-refractivity contribution is 7.16. The summed E-state index contributed by atoms with van der Waals surface area (Å²) in [5.74, 6) is 0.280. The molecule has 124 valence electrons. The van der Waals surface area contributed by atoms with E-state index < -0.39 is 0 Å². The molecule has 2 aromatic heterocycles. The molecule has 3 rings (SSSR count). The minimum Gasteiger partial charge on any atom is -0.356 e. The lowest BCUT2D eigenvalue weighted by molar-refractivity contribution is -0.126. The summed E-state index contributed by atoms with van der Waals surface area (Å²) < 4.78 is 0. The van der Waals surface area contributed by atoms with Crippen molar-refractivity contribution in [2.45, 2.75) is 45.1 Å². The van der Waals surface area contributed by atoms with Crippen molar-refractivity contribution in [2.24, 2.45) is 11.7 Å². The highest BCUT2D eigenvalue weighted by Crippen LogP contribution is 2.29. The van der Waals surface area contributed by atoms with Gasteiger partial charge in [-0.25, -0.2) is 4.98 Å². The normalized spacial score (nSPS) is 21.3. The minimum atomic E-state index is 0.107. The number of hydrogen-bond donors (Lipinski definition) is 2. The molecule has 0 bridgehead atoms. The molecule has 0 radical (unpaired) electrons. The van der Waals surface area contributed by atoms with E-state index >= 15 is 0 Å². The molecule has 0 spiro atoms.